The molecule has 57 heavy (non-hydrogen) atoms. The molecule has 268 valence electrons. The molecule has 0 saturated carbocycles. The fourth-order valence-electron chi connectivity index (χ4n) is 9.21. The number of aromatic nitrogens is 2. The van der Waals surface area contributed by atoms with Crippen molar-refractivity contribution in [1.82, 2.24) is 9.97 Å². The molecule has 0 unspecified atom stereocenters. The van der Waals surface area contributed by atoms with Crippen molar-refractivity contribution in [2.24, 2.45) is 0 Å². The zero-order chi connectivity index (χ0) is 38.1. The highest BCUT2D eigenvalue weighted by atomic mass is 14.9. The van der Waals surface area contributed by atoms with Crippen molar-refractivity contribution in [2.45, 2.75) is 19.3 Å². The molecule has 1 heterocycles. The Balaban J connectivity index is 0.984. The Hall–Kier alpha value is -7.16. The number of benzene rings is 9. The maximum Gasteiger partial charge on any atom is 0.160 e. The zero-order valence-corrected chi connectivity index (χ0v) is 31.9. The lowest BCUT2D eigenvalue weighted by Crippen LogP contribution is -2.15. The third-order valence-electron chi connectivity index (χ3n) is 12.1. The molecule has 11 rings (SSSR count). The molecule has 0 radical (unpaired) electrons. The van der Waals surface area contributed by atoms with E-state index < -0.39 is 0 Å². The van der Waals surface area contributed by atoms with Crippen LogP contribution in [0.5, 0.6) is 0 Å². The largest absolute Gasteiger partial charge is 0.228 e. The number of rotatable bonds is 5. The summed E-state index contributed by atoms with van der Waals surface area (Å²) in [5.74, 6) is 0.715. The SMILES string of the molecule is CC1(C)c2ccc(-c3ccc(-c4ccc(-c5cc(-c6ccc7ccccc7c6)nc(-c6ccccc6)n5)c5ccccc45)cc3)cc2-c2ccc3ccccc3c21. The summed E-state index contributed by atoms with van der Waals surface area (Å²) in [6.45, 7) is 4.73. The summed E-state index contributed by atoms with van der Waals surface area (Å²) < 4.78 is 0. The third-order valence-corrected chi connectivity index (χ3v) is 12.1. The van der Waals surface area contributed by atoms with E-state index in [1.165, 1.54) is 71.4 Å². The molecule has 0 aliphatic heterocycles. The van der Waals surface area contributed by atoms with Crippen LogP contribution in [0.15, 0.2) is 194 Å². The minimum Gasteiger partial charge on any atom is -0.228 e. The number of fused-ring (bicyclic) bond motifs is 7. The van der Waals surface area contributed by atoms with Crippen LogP contribution in [-0.4, -0.2) is 9.97 Å². The van der Waals surface area contributed by atoms with Gasteiger partial charge in [-0.25, -0.2) is 9.97 Å². The molecule has 1 aromatic heterocycles. The molecule has 0 spiro atoms. The van der Waals surface area contributed by atoms with E-state index in [1.807, 2.05) is 18.2 Å². The van der Waals surface area contributed by atoms with Crippen LogP contribution in [0, 0.1) is 0 Å². The van der Waals surface area contributed by atoms with E-state index in [9.17, 15) is 0 Å². The van der Waals surface area contributed by atoms with Gasteiger partial charge in [0.25, 0.3) is 0 Å². The molecule has 0 atom stereocenters. The number of nitrogens with zero attached hydrogens (tertiary/aromatic N) is 2. The second kappa shape index (κ2) is 13.0. The smallest absolute Gasteiger partial charge is 0.160 e. The lowest BCUT2D eigenvalue weighted by atomic mass is 9.80. The van der Waals surface area contributed by atoms with Crippen LogP contribution >= 0.6 is 0 Å². The molecule has 0 saturated heterocycles. The normalized spacial score (nSPS) is 12.9. The van der Waals surface area contributed by atoms with Crippen molar-refractivity contribution >= 4 is 32.3 Å². The van der Waals surface area contributed by atoms with E-state index in [0.717, 1.165) is 33.5 Å². The van der Waals surface area contributed by atoms with Crippen LogP contribution in [0.1, 0.15) is 25.0 Å². The van der Waals surface area contributed by atoms with E-state index in [1.54, 1.807) is 0 Å². The van der Waals surface area contributed by atoms with Crippen molar-refractivity contribution in [3.8, 4) is 67.3 Å². The van der Waals surface area contributed by atoms with Gasteiger partial charge in [-0.1, -0.05) is 190 Å². The monoisotopic (exact) mass is 726 g/mol. The van der Waals surface area contributed by atoms with Crippen LogP contribution in [0.3, 0.4) is 0 Å². The second-order valence-electron chi connectivity index (χ2n) is 15.8. The predicted octanol–water partition coefficient (Wildman–Crippen LogP) is 14.6. The van der Waals surface area contributed by atoms with Crippen LogP contribution in [0.25, 0.3) is 99.6 Å². The third kappa shape index (κ3) is 5.48. The first-order valence-electron chi connectivity index (χ1n) is 19.7. The summed E-state index contributed by atoms with van der Waals surface area (Å²) in [4.78, 5) is 10.3. The second-order valence-corrected chi connectivity index (χ2v) is 15.8. The van der Waals surface area contributed by atoms with E-state index in [4.69, 9.17) is 9.97 Å². The highest BCUT2D eigenvalue weighted by molar-refractivity contribution is 6.05. The van der Waals surface area contributed by atoms with Crippen molar-refractivity contribution < 1.29 is 0 Å². The Morgan fingerprint density at radius 1 is 0.333 bits per heavy atom. The summed E-state index contributed by atoms with van der Waals surface area (Å²) in [7, 11) is 0. The van der Waals surface area contributed by atoms with Gasteiger partial charge in [0, 0.05) is 22.1 Å². The predicted molar refractivity (Wildman–Crippen MR) is 239 cm³/mol. The maximum atomic E-state index is 5.21. The Morgan fingerprint density at radius 2 is 0.912 bits per heavy atom. The van der Waals surface area contributed by atoms with Gasteiger partial charge in [-0.3, -0.25) is 0 Å². The summed E-state index contributed by atoms with van der Waals surface area (Å²) in [6.07, 6.45) is 0. The molecule has 1 aliphatic rings. The Morgan fingerprint density at radius 3 is 1.72 bits per heavy atom. The van der Waals surface area contributed by atoms with Gasteiger partial charge < -0.3 is 0 Å². The quantitative estimate of drug-likeness (QED) is 0.176. The molecular weight excluding hydrogens is 689 g/mol. The minimum absolute atomic E-state index is 0.0615. The Kier molecular flexibility index (Phi) is 7.55. The van der Waals surface area contributed by atoms with Crippen molar-refractivity contribution in [3.63, 3.8) is 0 Å². The van der Waals surface area contributed by atoms with E-state index in [2.05, 4.69) is 190 Å². The van der Waals surface area contributed by atoms with Crippen molar-refractivity contribution in [1.29, 1.82) is 0 Å². The molecule has 0 amide bonds. The number of hydrogen-bond acceptors (Lipinski definition) is 2. The van der Waals surface area contributed by atoms with Gasteiger partial charge in [-0.05, 0) is 95.0 Å². The topological polar surface area (TPSA) is 25.8 Å². The van der Waals surface area contributed by atoms with Gasteiger partial charge in [-0.2, -0.15) is 0 Å². The Bertz CT molecular complexity index is 3190. The van der Waals surface area contributed by atoms with Crippen molar-refractivity contribution in [3.05, 3.63) is 205 Å². The molecule has 0 N–H and O–H groups in total. The van der Waals surface area contributed by atoms with Gasteiger partial charge in [0.15, 0.2) is 5.82 Å². The highest BCUT2D eigenvalue weighted by Gasteiger charge is 2.36. The van der Waals surface area contributed by atoms with Crippen LogP contribution in [0.2, 0.25) is 0 Å². The molecule has 9 aromatic carbocycles. The van der Waals surface area contributed by atoms with Gasteiger partial charge in [0.2, 0.25) is 0 Å². The maximum absolute atomic E-state index is 5.21. The molecule has 0 bridgehead atoms. The standard InChI is InChI=1S/C55H38N2/c1-55(2)50-31-27-41(33-49(50)48-28-26-37-13-8-9-17-44(37)53(48)55)36-20-23-38(24-21-36)43-29-30-47(46-19-11-10-18-45(43)46)52-34-51(56-54(57-52)39-14-4-3-5-15-39)42-25-22-35-12-6-7-16-40(35)32-42/h3-34H,1-2H3. The van der Waals surface area contributed by atoms with Gasteiger partial charge in [0.1, 0.15) is 0 Å². The lowest BCUT2D eigenvalue weighted by molar-refractivity contribution is 0.666. The lowest BCUT2D eigenvalue weighted by Gasteiger charge is -2.23. The van der Waals surface area contributed by atoms with Gasteiger partial charge in [-0.15, -0.1) is 0 Å². The van der Waals surface area contributed by atoms with E-state index >= 15 is 0 Å². The summed E-state index contributed by atoms with van der Waals surface area (Å²) >= 11 is 0. The first kappa shape index (κ1) is 33.2. The molecule has 2 nitrogen and oxygen atoms in total. The Labute approximate surface area is 332 Å². The summed E-state index contributed by atoms with van der Waals surface area (Å²) in [5, 5.41) is 7.41. The van der Waals surface area contributed by atoms with Crippen molar-refractivity contribution in [2.75, 3.05) is 0 Å². The molecular formula is C55H38N2. The van der Waals surface area contributed by atoms with E-state index in [0.29, 0.717) is 5.82 Å². The minimum atomic E-state index is -0.0615. The molecule has 0 fully saturated rings. The average Bonchev–Trinajstić information content (AvgIpc) is 3.51. The van der Waals surface area contributed by atoms with Crippen LogP contribution in [-0.2, 0) is 5.41 Å². The van der Waals surface area contributed by atoms with Gasteiger partial charge in [0.05, 0.1) is 11.4 Å². The summed E-state index contributed by atoms with van der Waals surface area (Å²) in [5.41, 5.74) is 15.2. The molecule has 1 aliphatic carbocycles. The average molecular weight is 727 g/mol. The fraction of sp³-hybridized carbons (Fsp3) is 0.0545. The van der Waals surface area contributed by atoms with Gasteiger partial charge >= 0.3 is 0 Å². The fourth-order valence-corrected chi connectivity index (χ4v) is 9.21. The molecule has 10 aromatic rings. The van der Waals surface area contributed by atoms with Crippen LogP contribution < -0.4 is 0 Å². The van der Waals surface area contributed by atoms with Crippen LogP contribution in [0.4, 0.5) is 0 Å². The highest BCUT2D eigenvalue weighted by Crippen LogP contribution is 2.52. The summed E-state index contributed by atoms with van der Waals surface area (Å²) in [6, 6.07) is 70.2. The molecule has 2 heteroatoms. The van der Waals surface area contributed by atoms with E-state index in [-0.39, 0.29) is 5.41 Å². The number of hydrogen-bond donors (Lipinski definition) is 0. The first-order valence-corrected chi connectivity index (χ1v) is 19.7. The first-order chi connectivity index (χ1) is 28.0. The zero-order valence-electron chi connectivity index (χ0n) is 31.9.